The monoisotopic (exact) mass is 625 g/mol. The number of carbonyl (C=O) groups excluding carboxylic acids is 2. The molecule has 1 saturated carbocycles. The number of carboxylic acids is 1. The number of rotatable bonds is 9. The maximum absolute atomic E-state index is 13.0. The predicted octanol–water partition coefficient (Wildman–Crippen LogP) is 6.45. The molecule has 8 heteroatoms. The second-order valence-corrected chi connectivity index (χ2v) is 10.8. The Balaban J connectivity index is 1.53. The van der Waals surface area contributed by atoms with E-state index in [2.05, 4.69) is 62.8 Å². The van der Waals surface area contributed by atoms with Gasteiger partial charge in [-0.2, -0.15) is 0 Å². The van der Waals surface area contributed by atoms with Crippen LogP contribution in [0.2, 0.25) is 0 Å². The largest absolute Gasteiger partial charge is 0.481 e. The fourth-order valence-electron chi connectivity index (χ4n) is 4.83. The van der Waals surface area contributed by atoms with E-state index in [0.717, 1.165) is 14.7 Å². The molecule has 38 heavy (non-hydrogen) atoms. The van der Waals surface area contributed by atoms with Gasteiger partial charge in [-0.25, -0.2) is 4.79 Å². The first-order valence-corrected chi connectivity index (χ1v) is 14.0. The third-order valence-electron chi connectivity index (χ3n) is 6.83. The number of hydrogen-bond acceptors (Lipinski definition) is 3. The quantitative estimate of drug-likeness (QED) is 0.205. The van der Waals surface area contributed by atoms with E-state index in [0.29, 0.717) is 17.2 Å². The van der Waals surface area contributed by atoms with E-state index in [1.54, 1.807) is 12.1 Å². The number of amides is 3. The minimum absolute atomic E-state index is 0.0615. The molecule has 3 amide bonds. The molecule has 1 unspecified atom stereocenters. The van der Waals surface area contributed by atoms with Crippen LogP contribution >= 0.6 is 22.6 Å². The van der Waals surface area contributed by atoms with Gasteiger partial charge in [-0.15, -0.1) is 0 Å². The van der Waals surface area contributed by atoms with E-state index < -0.39 is 12.0 Å². The number of hydrogen-bond donors (Lipinski definition) is 4. The zero-order chi connectivity index (χ0) is 26.9. The van der Waals surface area contributed by atoms with Crippen LogP contribution in [-0.2, 0) is 4.79 Å². The van der Waals surface area contributed by atoms with Gasteiger partial charge in [-0.3, -0.25) is 9.59 Å². The molecule has 1 aliphatic carbocycles. The van der Waals surface area contributed by atoms with E-state index in [9.17, 15) is 14.4 Å². The lowest BCUT2D eigenvalue weighted by Crippen LogP contribution is -2.33. The summed E-state index contributed by atoms with van der Waals surface area (Å²) in [6.45, 7) is 0.0615. The number of halogens is 1. The summed E-state index contributed by atoms with van der Waals surface area (Å²) in [6.07, 6.45) is 6.15. The molecule has 3 aromatic rings. The summed E-state index contributed by atoms with van der Waals surface area (Å²) in [4.78, 5) is 36.1. The Morgan fingerprint density at radius 3 is 2.18 bits per heavy atom. The molecule has 198 valence electrons. The van der Waals surface area contributed by atoms with E-state index in [-0.39, 0.29) is 24.9 Å². The maximum atomic E-state index is 13.0. The summed E-state index contributed by atoms with van der Waals surface area (Å²) in [7, 11) is 0. The van der Waals surface area contributed by atoms with Crippen molar-refractivity contribution in [3.05, 3.63) is 98.6 Å². The first-order chi connectivity index (χ1) is 18.4. The van der Waals surface area contributed by atoms with E-state index in [4.69, 9.17) is 5.11 Å². The summed E-state index contributed by atoms with van der Waals surface area (Å²) >= 11 is 2.20. The Kier molecular flexibility index (Phi) is 9.75. The Bertz CT molecular complexity index is 1260. The van der Waals surface area contributed by atoms with Crippen molar-refractivity contribution >= 4 is 46.2 Å². The van der Waals surface area contributed by atoms with Gasteiger partial charge >= 0.3 is 12.0 Å². The van der Waals surface area contributed by atoms with Gasteiger partial charge in [0, 0.05) is 21.4 Å². The number of carbonyl (C=O) groups is 3. The molecule has 3 aromatic carbocycles. The smallest absolute Gasteiger partial charge is 0.319 e. The lowest BCUT2D eigenvalue weighted by molar-refractivity contribution is -0.136. The second kappa shape index (κ2) is 13.4. The lowest BCUT2D eigenvalue weighted by atomic mass is 9.83. The molecule has 0 bridgehead atoms. The van der Waals surface area contributed by atoms with Crippen molar-refractivity contribution in [2.24, 2.45) is 0 Å². The zero-order valence-corrected chi connectivity index (χ0v) is 23.2. The van der Waals surface area contributed by atoms with Crippen LogP contribution in [-0.4, -0.2) is 29.6 Å². The van der Waals surface area contributed by atoms with Gasteiger partial charge in [-0.1, -0.05) is 61.7 Å². The molecule has 0 radical (unpaired) electrons. The molecular weight excluding hydrogens is 593 g/mol. The number of aliphatic carboxylic acids is 1. The van der Waals surface area contributed by atoms with Crippen molar-refractivity contribution in [2.75, 3.05) is 11.9 Å². The molecule has 4 N–H and O–H groups in total. The number of anilines is 1. The highest BCUT2D eigenvalue weighted by atomic mass is 127. The number of urea groups is 1. The molecule has 0 aliphatic heterocycles. The van der Waals surface area contributed by atoms with Gasteiger partial charge in [0.1, 0.15) is 0 Å². The van der Waals surface area contributed by atoms with Crippen LogP contribution in [0.5, 0.6) is 0 Å². The lowest BCUT2D eigenvalue weighted by Gasteiger charge is -2.24. The van der Waals surface area contributed by atoms with Crippen LogP contribution in [0.15, 0.2) is 72.8 Å². The summed E-state index contributed by atoms with van der Waals surface area (Å²) in [6, 6.07) is 22.3. The minimum Gasteiger partial charge on any atom is -0.481 e. The van der Waals surface area contributed by atoms with Crippen LogP contribution < -0.4 is 16.0 Å². The molecule has 1 fully saturated rings. The molecule has 1 aliphatic rings. The molecule has 4 rings (SSSR count). The van der Waals surface area contributed by atoms with Crippen molar-refractivity contribution < 1.29 is 19.5 Å². The van der Waals surface area contributed by atoms with Crippen molar-refractivity contribution in [3.8, 4) is 0 Å². The average molecular weight is 626 g/mol. The van der Waals surface area contributed by atoms with Crippen LogP contribution in [0.25, 0.3) is 0 Å². The second-order valence-electron chi connectivity index (χ2n) is 9.57. The number of nitrogens with one attached hydrogen (secondary N) is 3. The zero-order valence-electron chi connectivity index (χ0n) is 21.1. The third kappa shape index (κ3) is 7.80. The van der Waals surface area contributed by atoms with Gasteiger partial charge in [0.25, 0.3) is 5.91 Å². The molecule has 0 spiro atoms. The first kappa shape index (κ1) is 27.6. The van der Waals surface area contributed by atoms with Gasteiger partial charge < -0.3 is 21.1 Å². The van der Waals surface area contributed by atoms with Gasteiger partial charge in [-0.05, 0) is 88.4 Å². The molecule has 0 heterocycles. The van der Waals surface area contributed by atoms with Crippen molar-refractivity contribution in [1.82, 2.24) is 10.6 Å². The van der Waals surface area contributed by atoms with Gasteiger partial charge in [0.05, 0.1) is 12.5 Å². The highest BCUT2D eigenvalue weighted by molar-refractivity contribution is 14.1. The SMILES string of the molecule is O=C(O)CCNC(=O)c1ccc(C(NC(=O)Nc2cccc(I)c2)c2ccc(C3CCCCC3)cc2)cc1. The van der Waals surface area contributed by atoms with E-state index in [1.807, 2.05) is 36.4 Å². The Labute approximate surface area is 236 Å². The van der Waals surface area contributed by atoms with Gasteiger partial charge in [0.2, 0.25) is 0 Å². The van der Waals surface area contributed by atoms with Crippen molar-refractivity contribution in [1.29, 1.82) is 0 Å². The third-order valence-corrected chi connectivity index (χ3v) is 7.51. The van der Waals surface area contributed by atoms with E-state index >= 15 is 0 Å². The standard InChI is InChI=1S/C30H32IN3O4/c31-25-7-4-8-26(19-25)33-30(38)34-28(22-11-9-21(10-12-22)20-5-2-1-3-6-20)23-13-15-24(16-14-23)29(37)32-18-17-27(35)36/h4,7-16,19-20,28H,1-3,5-6,17-18H2,(H,32,37)(H,35,36)(H2,33,34,38). The predicted molar refractivity (Wildman–Crippen MR) is 156 cm³/mol. The van der Waals surface area contributed by atoms with Crippen molar-refractivity contribution in [3.63, 3.8) is 0 Å². The summed E-state index contributed by atoms with van der Waals surface area (Å²) < 4.78 is 1.02. The Morgan fingerprint density at radius 1 is 0.895 bits per heavy atom. The average Bonchev–Trinajstić information content (AvgIpc) is 2.92. The highest BCUT2D eigenvalue weighted by Crippen LogP contribution is 2.33. The normalized spacial score (nSPS) is 14.3. The first-order valence-electron chi connectivity index (χ1n) is 12.9. The number of benzene rings is 3. The fraction of sp³-hybridized carbons (Fsp3) is 0.300. The van der Waals surface area contributed by atoms with Crippen LogP contribution in [0.3, 0.4) is 0 Å². The summed E-state index contributed by atoms with van der Waals surface area (Å²) in [5, 5.41) is 17.4. The van der Waals surface area contributed by atoms with Crippen LogP contribution in [0, 0.1) is 3.57 Å². The highest BCUT2D eigenvalue weighted by Gasteiger charge is 2.20. The molecule has 0 saturated heterocycles. The summed E-state index contributed by atoms with van der Waals surface area (Å²) in [5.74, 6) is -0.713. The summed E-state index contributed by atoms with van der Waals surface area (Å²) in [5.41, 5.74) is 4.24. The molecular formula is C30H32IN3O4. The van der Waals surface area contributed by atoms with Crippen LogP contribution in [0.4, 0.5) is 10.5 Å². The Morgan fingerprint density at radius 2 is 1.55 bits per heavy atom. The maximum Gasteiger partial charge on any atom is 0.319 e. The van der Waals surface area contributed by atoms with Crippen LogP contribution in [0.1, 0.15) is 77.5 Å². The Hall–Kier alpha value is -3.40. The molecule has 0 aromatic heterocycles. The fourth-order valence-corrected chi connectivity index (χ4v) is 5.38. The van der Waals surface area contributed by atoms with E-state index in [1.165, 1.54) is 37.7 Å². The topological polar surface area (TPSA) is 108 Å². The molecule has 1 atom stereocenters. The molecule has 7 nitrogen and oxygen atoms in total. The van der Waals surface area contributed by atoms with Crippen molar-refractivity contribution in [2.45, 2.75) is 50.5 Å². The van der Waals surface area contributed by atoms with Gasteiger partial charge in [0.15, 0.2) is 0 Å². The minimum atomic E-state index is -0.965. The number of carboxylic acid groups (broad SMARTS) is 1.